The van der Waals surface area contributed by atoms with Crippen molar-refractivity contribution in [3.05, 3.63) is 0 Å². The van der Waals surface area contributed by atoms with Crippen molar-refractivity contribution in [2.75, 3.05) is 26.8 Å². The number of ether oxygens (including phenoxy) is 1. The Labute approximate surface area is 108 Å². The third-order valence-corrected chi connectivity index (χ3v) is 4.00. The van der Waals surface area contributed by atoms with E-state index in [-0.39, 0.29) is 0 Å². The van der Waals surface area contributed by atoms with Crippen LogP contribution in [0.1, 0.15) is 64.7 Å². The minimum absolute atomic E-state index is 0.679. The molecule has 0 spiro atoms. The van der Waals surface area contributed by atoms with Gasteiger partial charge in [0.1, 0.15) is 0 Å². The third kappa shape index (κ3) is 7.05. The molecule has 1 aliphatic carbocycles. The molecule has 0 radical (unpaired) electrons. The minimum Gasteiger partial charge on any atom is -0.383 e. The Morgan fingerprint density at radius 1 is 1.06 bits per heavy atom. The van der Waals surface area contributed by atoms with Crippen LogP contribution in [-0.2, 0) is 4.74 Å². The lowest BCUT2D eigenvalue weighted by molar-refractivity contribution is 0.196. The van der Waals surface area contributed by atoms with Crippen LogP contribution in [-0.4, -0.2) is 26.8 Å². The van der Waals surface area contributed by atoms with Crippen molar-refractivity contribution >= 4 is 0 Å². The zero-order valence-electron chi connectivity index (χ0n) is 11.9. The van der Waals surface area contributed by atoms with Crippen LogP contribution < -0.4 is 5.32 Å². The quantitative estimate of drug-likeness (QED) is 0.525. The first-order valence-corrected chi connectivity index (χ1v) is 7.53. The van der Waals surface area contributed by atoms with Gasteiger partial charge in [-0.2, -0.15) is 0 Å². The van der Waals surface area contributed by atoms with E-state index in [2.05, 4.69) is 12.2 Å². The number of hydrogen-bond acceptors (Lipinski definition) is 2. The summed E-state index contributed by atoms with van der Waals surface area (Å²) >= 11 is 0. The van der Waals surface area contributed by atoms with Crippen LogP contribution in [0, 0.1) is 5.41 Å². The van der Waals surface area contributed by atoms with Crippen LogP contribution >= 0.6 is 0 Å². The molecule has 102 valence electrons. The molecule has 1 aliphatic rings. The highest BCUT2D eigenvalue weighted by molar-refractivity contribution is 4.94. The molecule has 0 unspecified atom stereocenters. The van der Waals surface area contributed by atoms with E-state index in [1.807, 2.05) is 0 Å². The van der Waals surface area contributed by atoms with Gasteiger partial charge in [0.25, 0.3) is 0 Å². The van der Waals surface area contributed by atoms with Gasteiger partial charge in [0.2, 0.25) is 0 Å². The second-order valence-electron chi connectivity index (χ2n) is 5.69. The van der Waals surface area contributed by atoms with Crippen molar-refractivity contribution in [1.29, 1.82) is 0 Å². The van der Waals surface area contributed by atoms with E-state index in [4.69, 9.17) is 4.74 Å². The topological polar surface area (TPSA) is 21.3 Å². The fourth-order valence-electron chi connectivity index (χ4n) is 2.50. The van der Waals surface area contributed by atoms with E-state index in [9.17, 15) is 0 Å². The normalized spacial score (nSPS) is 17.3. The number of methoxy groups -OCH3 is 1. The van der Waals surface area contributed by atoms with E-state index >= 15 is 0 Å². The second kappa shape index (κ2) is 8.93. The second-order valence-corrected chi connectivity index (χ2v) is 5.69. The summed E-state index contributed by atoms with van der Waals surface area (Å²) in [5, 5.41) is 3.53. The van der Waals surface area contributed by atoms with Crippen LogP contribution in [0.15, 0.2) is 0 Å². The average molecular weight is 241 g/mol. The smallest absolute Gasteiger partial charge is 0.0587 e. The van der Waals surface area contributed by atoms with Gasteiger partial charge in [0.15, 0.2) is 0 Å². The van der Waals surface area contributed by atoms with E-state index in [1.165, 1.54) is 64.3 Å². The maximum atomic E-state index is 5.05. The lowest BCUT2D eigenvalue weighted by Crippen LogP contribution is -2.27. The monoisotopic (exact) mass is 241 g/mol. The Morgan fingerprint density at radius 3 is 2.41 bits per heavy atom. The van der Waals surface area contributed by atoms with Crippen LogP contribution in [0.2, 0.25) is 0 Å². The lowest BCUT2D eigenvalue weighted by atomic mass is 9.97. The predicted octanol–water partition coefficient (Wildman–Crippen LogP) is 3.75. The summed E-state index contributed by atoms with van der Waals surface area (Å²) in [6, 6.07) is 0. The SMILES string of the molecule is CCCCCCCCC1(CNCCOC)CC1. The summed E-state index contributed by atoms with van der Waals surface area (Å²) in [6.07, 6.45) is 12.9. The van der Waals surface area contributed by atoms with Gasteiger partial charge in [-0.05, 0) is 24.7 Å². The lowest BCUT2D eigenvalue weighted by Gasteiger charge is -2.15. The zero-order chi connectivity index (χ0) is 12.4. The van der Waals surface area contributed by atoms with Crippen LogP contribution in [0.3, 0.4) is 0 Å². The largest absolute Gasteiger partial charge is 0.383 e. The van der Waals surface area contributed by atoms with E-state index < -0.39 is 0 Å². The van der Waals surface area contributed by atoms with E-state index in [1.54, 1.807) is 7.11 Å². The predicted molar refractivity (Wildman–Crippen MR) is 74.4 cm³/mol. The maximum absolute atomic E-state index is 5.05. The summed E-state index contributed by atoms with van der Waals surface area (Å²) in [6.45, 7) is 5.35. The molecule has 0 amide bonds. The van der Waals surface area contributed by atoms with Gasteiger partial charge in [-0.3, -0.25) is 0 Å². The summed E-state index contributed by atoms with van der Waals surface area (Å²) in [4.78, 5) is 0. The first-order chi connectivity index (χ1) is 8.33. The Bertz CT molecular complexity index is 178. The molecule has 0 heterocycles. The molecule has 0 aromatic rings. The molecule has 1 N–H and O–H groups in total. The Morgan fingerprint density at radius 2 is 1.76 bits per heavy atom. The first-order valence-electron chi connectivity index (χ1n) is 7.53. The van der Waals surface area contributed by atoms with Crippen LogP contribution in [0.4, 0.5) is 0 Å². The van der Waals surface area contributed by atoms with E-state index in [0.29, 0.717) is 5.41 Å². The Hall–Kier alpha value is -0.0800. The molecular formula is C15H31NO. The highest BCUT2D eigenvalue weighted by atomic mass is 16.5. The molecule has 0 saturated heterocycles. The fourth-order valence-corrected chi connectivity index (χ4v) is 2.50. The van der Waals surface area contributed by atoms with Crippen molar-refractivity contribution in [2.24, 2.45) is 5.41 Å². The highest BCUT2D eigenvalue weighted by Gasteiger charge is 2.40. The molecule has 1 saturated carbocycles. The average Bonchev–Trinajstić information content (AvgIpc) is 3.10. The molecule has 1 rings (SSSR count). The molecule has 0 aromatic heterocycles. The Balaban J connectivity index is 1.91. The van der Waals surface area contributed by atoms with Gasteiger partial charge < -0.3 is 10.1 Å². The molecular weight excluding hydrogens is 210 g/mol. The van der Waals surface area contributed by atoms with Gasteiger partial charge in [-0.25, -0.2) is 0 Å². The number of nitrogens with one attached hydrogen (secondary N) is 1. The number of unbranched alkanes of at least 4 members (excludes halogenated alkanes) is 5. The molecule has 2 heteroatoms. The molecule has 0 bridgehead atoms. The van der Waals surface area contributed by atoms with Crippen LogP contribution in [0.25, 0.3) is 0 Å². The van der Waals surface area contributed by atoms with Crippen molar-refractivity contribution in [3.63, 3.8) is 0 Å². The molecule has 0 atom stereocenters. The molecule has 17 heavy (non-hydrogen) atoms. The highest BCUT2D eigenvalue weighted by Crippen LogP contribution is 2.49. The van der Waals surface area contributed by atoms with Gasteiger partial charge in [-0.1, -0.05) is 45.4 Å². The first kappa shape index (κ1) is 15.0. The zero-order valence-corrected chi connectivity index (χ0v) is 11.9. The van der Waals surface area contributed by atoms with Gasteiger partial charge in [0, 0.05) is 20.2 Å². The molecule has 0 aromatic carbocycles. The van der Waals surface area contributed by atoms with Crippen molar-refractivity contribution in [2.45, 2.75) is 64.7 Å². The minimum atomic E-state index is 0.679. The number of rotatable bonds is 12. The van der Waals surface area contributed by atoms with Crippen molar-refractivity contribution < 1.29 is 4.74 Å². The Kier molecular flexibility index (Phi) is 7.87. The van der Waals surface area contributed by atoms with Crippen LogP contribution in [0.5, 0.6) is 0 Å². The molecule has 1 fully saturated rings. The van der Waals surface area contributed by atoms with Gasteiger partial charge >= 0.3 is 0 Å². The van der Waals surface area contributed by atoms with Gasteiger partial charge in [0.05, 0.1) is 6.61 Å². The fraction of sp³-hybridized carbons (Fsp3) is 1.00. The summed E-state index contributed by atoms with van der Waals surface area (Å²) in [5.74, 6) is 0. The van der Waals surface area contributed by atoms with E-state index in [0.717, 1.165) is 13.2 Å². The number of hydrogen-bond donors (Lipinski definition) is 1. The third-order valence-electron chi connectivity index (χ3n) is 4.00. The molecule has 2 nitrogen and oxygen atoms in total. The summed E-state index contributed by atoms with van der Waals surface area (Å²) in [5.41, 5.74) is 0.679. The van der Waals surface area contributed by atoms with Crippen molar-refractivity contribution in [1.82, 2.24) is 5.32 Å². The van der Waals surface area contributed by atoms with Crippen molar-refractivity contribution in [3.8, 4) is 0 Å². The standard InChI is InChI=1S/C15H31NO/c1-3-4-5-6-7-8-9-15(10-11-15)14-16-12-13-17-2/h16H,3-14H2,1-2H3. The van der Waals surface area contributed by atoms with Gasteiger partial charge in [-0.15, -0.1) is 0 Å². The summed E-state index contributed by atoms with van der Waals surface area (Å²) < 4.78 is 5.05. The maximum Gasteiger partial charge on any atom is 0.0587 e. The summed E-state index contributed by atoms with van der Waals surface area (Å²) in [7, 11) is 1.77. The molecule has 0 aliphatic heterocycles.